The van der Waals surface area contributed by atoms with Crippen molar-refractivity contribution in [1.82, 2.24) is 0 Å². The van der Waals surface area contributed by atoms with Crippen LogP contribution in [0.5, 0.6) is 0 Å². The van der Waals surface area contributed by atoms with E-state index in [1.807, 2.05) is 6.07 Å². The molecule has 1 rings (SSSR count). The highest BCUT2D eigenvalue weighted by Crippen LogP contribution is 2.23. The van der Waals surface area contributed by atoms with Crippen LogP contribution in [0.25, 0.3) is 0 Å². The van der Waals surface area contributed by atoms with E-state index in [9.17, 15) is 10.1 Å². The van der Waals surface area contributed by atoms with Crippen LogP contribution in [0.1, 0.15) is 45.6 Å². The van der Waals surface area contributed by atoms with E-state index in [0.717, 1.165) is 18.5 Å². The first-order valence-corrected chi connectivity index (χ1v) is 6.89. The molecule has 0 bridgehead atoms. The van der Waals surface area contributed by atoms with Crippen molar-refractivity contribution in [3.63, 3.8) is 0 Å². The average molecular weight is 275 g/mol. The second kappa shape index (κ2) is 7.49. The topological polar surface area (TPSA) is 79.0 Å². The lowest BCUT2D eigenvalue weighted by Gasteiger charge is -2.16. The van der Waals surface area contributed by atoms with E-state index in [4.69, 9.17) is 5.26 Å². The van der Waals surface area contributed by atoms with Gasteiger partial charge in [-0.05, 0) is 31.4 Å². The summed E-state index contributed by atoms with van der Waals surface area (Å²) in [5, 5.41) is 23.0. The molecule has 0 aromatic heterocycles. The summed E-state index contributed by atoms with van der Waals surface area (Å²) >= 11 is 0. The molecular weight excluding hydrogens is 254 g/mol. The fraction of sp³-hybridized carbons (Fsp3) is 0.533. The molecule has 1 atom stereocenters. The Balaban J connectivity index is 2.64. The Kier molecular flexibility index (Phi) is 5.98. The number of nitro benzene ring substituents is 1. The molecule has 0 aliphatic heterocycles. The normalized spacial score (nSPS) is 11.9. The molecule has 0 fully saturated rings. The number of nitriles is 1. The molecule has 5 heteroatoms. The van der Waals surface area contributed by atoms with Gasteiger partial charge >= 0.3 is 0 Å². The van der Waals surface area contributed by atoms with E-state index in [1.165, 1.54) is 18.6 Å². The first-order valence-electron chi connectivity index (χ1n) is 6.89. The van der Waals surface area contributed by atoms with Gasteiger partial charge in [-0.15, -0.1) is 0 Å². The van der Waals surface area contributed by atoms with Gasteiger partial charge in [0.15, 0.2) is 0 Å². The molecule has 0 amide bonds. The van der Waals surface area contributed by atoms with Crippen LogP contribution in [0.4, 0.5) is 11.4 Å². The Morgan fingerprint density at radius 1 is 1.35 bits per heavy atom. The number of hydrogen-bond acceptors (Lipinski definition) is 4. The molecular formula is C15H21N3O2. The van der Waals surface area contributed by atoms with Crippen LogP contribution < -0.4 is 5.32 Å². The van der Waals surface area contributed by atoms with Gasteiger partial charge < -0.3 is 5.32 Å². The van der Waals surface area contributed by atoms with E-state index < -0.39 is 4.92 Å². The highest BCUT2D eigenvalue weighted by molar-refractivity contribution is 5.58. The Morgan fingerprint density at radius 2 is 2.05 bits per heavy atom. The summed E-state index contributed by atoms with van der Waals surface area (Å²) in [6.07, 6.45) is 3.37. The van der Waals surface area contributed by atoms with Crippen molar-refractivity contribution in [3.05, 3.63) is 33.9 Å². The lowest BCUT2D eigenvalue weighted by molar-refractivity contribution is -0.385. The molecule has 0 spiro atoms. The van der Waals surface area contributed by atoms with Crippen molar-refractivity contribution in [3.8, 4) is 6.07 Å². The molecule has 1 aromatic rings. The van der Waals surface area contributed by atoms with Gasteiger partial charge in [-0.2, -0.15) is 5.26 Å². The summed E-state index contributed by atoms with van der Waals surface area (Å²) in [5.74, 6) is 0.701. The third-order valence-electron chi connectivity index (χ3n) is 3.15. The Labute approximate surface area is 119 Å². The van der Waals surface area contributed by atoms with Crippen molar-refractivity contribution in [2.24, 2.45) is 5.92 Å². The van der Waals surface area contributed by atoms with Crippen LogP contribution >= 0.6 is 0 Å². The van der Waals surface area contributed by atoms with E-state index in [-0.39, 0.29) is 17.3 Å². The maximum atomic E-state index is 10.8. The fourth-order valence-corrected chi connectivity index (χ4v) is 2.06. The minimum absolute atomic E-state index is 0.0920. The summed E-state index contributed by atoms with van der Waals surface area (Å²) in [6.45, 7) is 6.48. The third-order valence-corrected chi connectivity index (χ3v) is 3.15. The summed E-state index contributed by atoms with van der Waals surface area (Å²) in [4.78, 5) is 10.2. The minimum atomic E-state index is -0.533. The van der Waals surface area contributed by atoms with E-state index in [2.05, 4.69) is 26.1 Å². The van der Waals surface area contributed by atoms with Gasteiger partial charge in [-0.3, -0.25) is 10.1 Å². The lowest BCUT2D eigenvalue weighted by Crippen LogP contribution is -2.15. The summed E-state index contributed by atoms with van der Waals surface area (Å²) in [5.41, 5.74) is 0.698. The molecule has 0 aliphatic carbocycles. The molecule has 0 radical (unpaired) electrons. The maximum absolute atomic E-state index is 10.8. The average Bonchev–Trinajstić information content (AvgIpc) is 2.37. The SMILES string of the molecule is CC(C)CCCC(C)Nc1ccc([N+](=O)[O-])c(C#N)c1. The molecule has 1 N–H and O–H groups in total. The fourth-order valence-electron chi connectivity index (χ4n) is 2.06. The molecule has 108 valence electrons. The number of rotatable bonds is 7. The van der Waals surface area contributed by atoms with Crippen LogP contribution in [0.3, 0.4) is 0 Å². The summed E-state index contributed by atoms with van der Waals surface area (Å²) < 4.78 is 0. The van der Waals surface area contributed by atoms with Gasteiger partial charge in [0.25, 0.3) is 5.69 Å². The summed E-state index contributed by atoms with van der Waals surface area (Å²) in [7, 11) is 0. The van der Waals surface area contributed by atoms with Crippen molar-refractivity contribution < 1.29 is 4.92 Å². The van der Waals surface area contributed by atoms with Gasteiger partial charge in [0.05, 0.1) is 4.92 Å². The maximum Gasteiger partial charge on any atom is 0.287 e. The molecule has 20 heavy (non-hydrogen) atoms. The standard InChI is InChI=1S/C15H21N3O2/c1-11(2)5-4-6-12(3)17-14-7-8-15(18(19)20)13(9-14)10-16/h7-9,11-12,17H,4-6H2,1-3H3. The van der Waals surface area contributed by atoms with E-state index in [0.29, 0.717) is 5.92 Å². The quantitative estimate of drug-likeness (QED) is 0.600. The first-order chi connectivity index (χ1) is 9.43. The van der Waals surface area contributed by atoms with E-state index >= 15 is 0 Å². The Hall–Kier alpha value is -2.09. The molecule has 1 aromatic carbocycles. The number of anilines is 1. The molecule has 0 saturated carbocycles. The van der Waals surface area contributed by atoms with Gasteiger partial charge in [-0.1, -0.05) is 26.7 Å². The number of nitro groups is 1. The predicted molar refractivity (Wildman–Crippen MR) is 79.6 cm³/mol. The van der Waals surface area contributed by atoms with Crippen molar-refractivity contribution in [2.45, 2.75) is 46.1 Å². The van der Waals surface area contributed by atoms with Gasteiger partial charge in [0.1, 0.15) is 11.6 Å². The lowest BCUT2D eigenvalue weighted by atomic mass is 10.0. The number of nitrogens with one attached hydrogen (secondary N) is 1. The van der Waals surface area contributed by atoms with Crippen LogP contribution in [-0.4, -0.2) is 11.0 Å². The number of benzene rings is 1. The van der Waals surface area contributed by atoms with Crippen molar-refractivity contribution in [1.29, 1.82) is 5.26 Å². The smallest absolute Gasteiger partial charge is 0.287 e. The van der Waals surface area contributed by atoms with Gasteiger partial charge in [0, 0.05) is 17.8 Å². The van der Waals surface area contributed by atoms with Gasteiger partial charge in [0.2, 0.25) is 0 Å². The zero-order chi connectivity index (χ0) is 15.1. The Bertz CT molecular complexity index is 506. The van der Waals surface area contributed by atoms with Gasteiger partial charge in [-0.25, -0.2) is 0 Å². The highest BCUT2D eigenvalue weighted by atomic mass is 16.6. The number of nitrogens with zero attached hydrogens (tertiary/aromatic N) is 2. The van der Waals surface area contributed by atoms with Crippen LogP contribution in [-0.2, 0) is 0 Å². The van der Waals surface area contributed by atoms with Crippen LogP contribution in [0, 0.1) is 27.4 Å². The monoisotopic (exact) mass is 275 g/mol. The second-order valence-electron chi connectivity index (χ2n) is 5.47. The molecule has 0 saturated heterocycles. The van der Waals surface area contributed by atoms with E-state index in [1.54, 1.807) is 6.07 Å². The zero-order valence-electron chi connectivity index (χ0n) is 12.2. The molecule has 1 unspecified atom stereocenters. The van der Waals surface area contributed by atoms with Crippen molar-refractivity contribution in [2.75, 3.05) is 5.32 Å². The highest BCUT2D eigenvalue weighted by Gasteiger charge is 2.14. The Morgan fingerprint density at radius 3 is 2.60 bits per heavy atom. The molecule has 0 aliphatic rings. The minimum Gasteiger partial charge on any atom is -0.383 e. The van der Waals surface area contributed by atoms with Crippen LogP contribution in [0.15, 0.2) is 18.2 Å². The second-order valence-corrected chi connectivity index (χ2v) is 5.47. The molecule has 0 heterocycles. The molecule has 5 nitrogen and oxygen atoms in total. The third kappa shape index (κ3) is 4.88. The predicted octanol–water partition coefficient (Wildman–Crippen LogP) is 4.09. The van der Waals surface area contributed by atoms with Crippen molar-refractivity contribution >= 4 is 11.4 Å². The zero-order valence-corrected chi connectivity index (χ0v) is 12.2. The first kappa shape index (κ1) is 16.0. The largest absolute Gasteiger partial charge is 0.383 e. The van der Waals surface area contributed by atoms with Crippen LogP contribution in [0.2, 0.25) is 0 Å². The number of hydrogen-bond donors (Lipinski definition) is 1. The summed E-state index contributed by atoms with van der Waals surface area (Å²) in [6, 6.07) is 6.71.